The average Bonchev–Trinajstić information content (AvgIpc) is 2.72. The van der Waals surface area contributed by atoms with Gasteiger partial charge in [0.15, 0.2) is 6.61 Å². The highest BCUT2D eigenvalue weighted by Crippen LogP contribution is 2.34. The lowest BCUT2D eigenvalue weighted by Gasteiger charge is -2.42. The maximum atomic E-state index is 13.4. The Kier molecular flexibility index (Phi) is 7.23. The minimum absolute atomic E-state index is 0.0122. The van der Waals surface area contributed by atoms with E-state index in [9.17, 15) is 14.0 Å². The molecule has 1 fully saturated rings. The SMILES string of the molecule is O=C(COc1ccc(Cl)c(F)c1)NC1(CCNC(=O)c2ccc(CO)cn2)CCC1. The predicted molar refractivity (Wildman–Crippen MR) is 109 cm³/mol. The van der Waals surface area contributed by atoms with Gasteiger partial charge in [0.05, 0.1) is 11.6 Å². The van der Waals surface area contributed by atoms with Crippen molar-refractivity contribution in [3.63, 3.8) is 0 Å². The van der Waals surface area contributed by atoms with Crippen LogP contribution in [0.3, 0.4) is 0 Å². The molecule has 9 heteroatoms. The van der Waals surface area contributed by atoms with Crippen LogP contribution in [0.4, 0.5) is 4.39 Å². The van der Waals surface area contributed by atoms with Crippen LogP contribution < -0.4 is 15.4 Å². The summed E-state index contributed by atoms with van der Waals surface area (Å²) in [6.45, 7) is 0.00982. The van der Waals surface area contributed by atoms with Crippen LogP contribution in [-0.2, 0) is 11.4 Å². The van der Waals surface area contributed by atoms with Crippen LogP contribution in [0.2, 0.25) is 5.02 Å². The standard InChI is InChI=1S/C21H23ClFN3O4/c22-16-4-3-15(10-17(16)23)30-13-19(28)26-21(6-1-7-21)8-9-24-20(29)18-5-2-14(12-27)11-25-18/h2-5,10-11,27H,1,6-9,12-13H2,(H,24,29)(H,26,28). The molecular weight excluding hydrogens is 413 g/mol. The number of aromatic nitrogens is 1. The normalized spacial score (nSPS) is 14.5. The molecule has 0 saturated heterocycles. The molecule has 0 radical (unpaired) electrons. The molecule has 0 spiro atoms. The van der Waals surface area contributed by atoms with Crippen molar-refractivity contribution in [2.75, 3.05) is 13.2 Å². The fourth-order valence-corrected chi connectivity index (χ4v) is 3.36. The molecule has 1 heterocycles. The fraction of sp³-hybridized carbons (Fsp3) is 0.381. The zero-order valence-electron chi connectivity index (χ0n) is 16.3. The fourth-order valence-electron chi connectivity index (χ4n) is 3.25. The largest absolute Gasteiger partial charge is 0.484 e. The smallest absolute Gasteiger partial charge is 0.269 e. The van der Waals surface area contributed by atoms with Crippen molar-refractivity contribution in [3.8, 4) is 5.75 Å². The highest BCUT2D eigenvalue weighted by atomic mass is 35.5. The van der Waals surface area contributed by atoms with E-state index >= 15 is 0 Å². The third-order valence-electron chi connectivity index (χ3n) is 5.11. The van der Waals surface area contributed by atoms with Crippen molar-refractivity contribution in [2.24, 2.45) is 0 Å². The number of carbonyl (C=O) groups is 2. The number of benzene rings is 1. The number of ether oxygens (including phenoxy) is 1. The number of aliphatic hydroxyl groups excluding tert-OH is 1. The molecule has 3 rings (SSSR count). The Morgan fingerprint density at radius 1 is 1.27 bits per heavy atom. The summed E-state index contributed by atoms with van der Waals surface area (Å²) >= 11 is 5.63. The molecule has 2 amide bonds. The third-order valence-corrected chi connectivity index (χ3v) is 5.41. The minimum Gasteiger partial charge on any atom is -0.484 e. The Bertz CT molecular complexity index is 904. The van der Waals surface area contributed by atoms with E-state index in [-0.39, 0.29) is 47.0 Å². The molecule has 0 bridgehead atoms. The summed E-state index contributed by atoms with van der Waals surface area (Å²) in [7, 11) is 0. The Morgan fingerprint density at radius 3 is 2.67 bits per heavy atom. The summed E-state index contributed by atoms with van der Waals surface area (Å²) in [5, 5.41) is 14.8. The number of halogens is 2. The van der Waals surface area contributed by atoms with Gasteiger partial charge in [0, 0.05) is 24.3 Å². The van der Waals surface area contributed by atoms with Gasteiger partial charge in [-0.1, -0.05) is 17.7 Å². The zero-order valence-corrected chi connectivity index (χ0v) is 17.0. The number of carbonyl (C=O) groups excluding carboxylic acids is 2. The first-order chi connectivity index (χ1) is 14.4. The maximum absolute atomic E-state index is 13.4. The van der Waals surface area contributed by atoms with Gasteiger partial charge in [-0.25, -0.2) is 4.39 Å². The summed E-state index contributed by atoms with van der Waals surface area (Å²) in [4.78, 5) is 28.5. The van der Waals surface area contributed by atoms with Gasteiger partial charge >= 0.3 is 0 Å². The second-order valence-corrected chi connectivity index (χ2v) is 7.67. The van der Waals surface area contributed by atoms with Crippen LogP contribution in [0.5, 0.6) is 5.75 Å². The van der Waals surface area contributed by atoms with Crippen molar-refractivity contribution in [1.29, 1.82) is 0 Å². The number of aliphatic hydroxyl groups is 1. The Morgan fingerprint density at radius 2 is 2.07 bits per heavy atom. The predicted octanol–water partition coefficient (Wildman–Crippen LogP) is 2.60. The van der Waals surface area contributed by atoms with Crippen molar-refractivity contribution in [3.05, 3.63) is 58.6 Å². The molecule has 160 valence electrons. The zero-order chi connectivity index (χ0) is 21.6. The molecule has 0 unspecified atom stereocenters. The second-order valence-electron chi connectivity index (χ2n) is 7.26. The quantitative estimate of drug-likeness (QED) is 0.562. The maximum Gasteiger partial charge on any atom is 0.269 e. The van der Waals surface area contributed by atoms with Crippen LogP contribution in [-0.4, -0.2) is 40.6 Å². The molecule has 1 saturated carbocycles. The van der Waals surface area contributed by atoms with E-state index in [2.05, 4.69) is 15.6 Å². The van der Waals surface area contributed by atoms with Gasteiger partial charge in [-0.3, -0.25) is 14.6 Å². The first-order valence-electron chi connectivity index (χ1n) is 9.64. The first kappa shape index (κ1) is 22.0. The summed E-state index contributed by atoms with van der Waals surface area (Å²) in [5.74, 6) is -1.01. The van der Waals surface area contributed by atoms with Crippen molar-refractivity contribution >= 4 is 23.4 Å². The van der Waals surface area contributed by atoms with Crippen LogP contribution >= 0.6 is 11.6 Å². The Balaban J connectivity index is 1.45. The topological polar surface area (TPSA) is 101 Å². The van der Waals surface area contributed by atoms with Gasteiger partial charge in [0.1, 0.15) is 17.3 Å². The van der Waals surface area contributed by atoms with Crippen LogP contribution in [0, 0.1) is 5.82 Å². The lowest BCUT2D eigenvalue weighted by atomic mass is 9.74. The van der Waals surface area contributed by atoms with E-state index in [1.165, 1.54) is 18.3 Å². The summed E-state index contributed by atoms with van der Waals surface area (Å²) in [6, 6.07) is 7.19. The van der Waals surface area contributed by atoms with Gasteiger partial charge in [0.2, 0.25) is 0 Å². The molecule has 7 nitrogen and oxygen atoms in total. The van der Waals surface area contributed by atoms with Crippen molar-refractivity contribution in [1.82, 2.24) is 15.6 Å². The Labute approximate surface area is 178 Å². The van der Waals surface area contributed by atoms with Gasteiger partial charge in [-0.2, -0.15) is 0 Å². The van der Waals surface area contributed by atoms with Gasteiger partial charge in [-0.05, 0) is 49.4 Å². The van der Waals surface area contributed by atoms with E-state index in [1.807, 2.05) is 0 Å². The van der Waals surface area contributed by atoms with Crippen LogP contribution in [0.25, 0.3) is 0 Å². The highest BCUT2D eigenvalue weighted by Gasteiger charge is 2.38. The molecule has 1 aliphatic carbocycles. The number of hydrogen-bond acceptors (Lipinski definition) is 5. The molecule has 0 atom stereocenters. The molecular formula is C21H23ClFN3O4. The molecule has 1 aromatic heterocycles. The Hall–Kier alpha value is -2.71. The number of amides is 2. The monoisotopic (exact) mass is 435 g/mol. The lowest BCUT2D eigenvalue weighted by molar-refractivity contribution is -0.126. The van der Waals surface area contributed by atoms with E-state index in [1.54, 1.807) is 12.1 Å². The van der Waals surface area contributed by atoms with E-state index < -0.39 is 5.82 Å². The van der Waals surface area contributed by atoms with Crippen molar-refractivity contribution < 1.29 is 23.8 Å². The molecule has 2 aromatic rings. The van der Waals surface area contributed by atoms with Crippen LogP contribution in [0.15, 0.2) is 36.5 Å². The molecule has 0 aliphatic heterocycles. The number of nitrogens with zero attached hydrogens (tertiary/aromatic N) is 1. The molecule has 30 heavy (non-hydrogen) atoms. The van der Waals surface area contributed by atoms with E-state index in [0.717, 1.165) is 25.3 Å². The molecule has 1 aliphatic rings. The third kappa shape index (κ3) is 5.67. The first-order valence-corrected chi connectivity index (χ1v) is 10.0. The van der Waals surface area contributed by atoms with Gasteiger partial charge < -0.3 is 20.5 Å². The number of hydrogen-bond donors (Lipinski definition) is 3. The summed E-state index contributed by atoms with van der Waals surface area (Å²) in [6.07, 6.45) is 4.65. The van der Waals surface area contributed by atoms with Crippen LogP contribution in [0.1, 0.15) is 41.7 Å². The minimum atomic E-state index is -0.610. The summed E-state index contributed by atoms with van der Waals surface area (Å²) < 4.78 is 18.8. The van der Waals surface area contributed by atoms with E-state index in [0.29, 0.717) is 18.5 Å². The number of nitrogens with one attached hydrogen (secondary N) is 2. The van der Waals surface area contributed by atoms with Gasteiger partial charge in [-0.15, -0.1) is 0 Å². The number of pyridine rings is 1. The summed E-state index contributed by atoms with van der Waals surface area (Å²) in [5.41, 5.74) is 0.515. The lowest BCUT2D eigenvalue weighted by Crippen LogP contribution is -2.56. The van der Waals surface area contributed by atoms with E-state index in [4.69, 9.17) is 21.4 Å². The van der Waals surface area contributed by atoms with Gasteiger partial charge in [0.25, 0.3) is 11.8 Å². The second kappa shape index (κ2) is 9.86. The molecule has 1 aromatic carbocycles. The number of rotatable bonds is 9. The molecule has 3 N–H and O–H groups in total. The average molecular weight is 436 g/mol. The van der Waals surface area contributed by atoms with Crippen molar-refractivity contribution in [2.45, 2.75) is 37.8 Å². The highest BCUT2D eigenvalue weighted by molar-refractivity contribution is 6.30.